The van der Waals surface area contributed by atoms with Crippen LogP contribution in [-0.4, -0.2) is 102 Å². The van der Waals surface area contributed by atoms with E-state index in [4.69, 9.17) is 4.74 Å². The molecule has 5 amide bonds. The average molecular weight is 834 g/mol. The monoisotopic (exact) mass is 833 g/mol. The number of carbonyl (C=O) groups excluding carboxylic acids is 6. The van der Waals surface area contributed by atoms with E-state index in [0.29, 0.717) is 32.2 Å². The van der Waals surface area contributed by atoms with E-state index in [1.807, 2.05) is 6.92 Å². The molecule has 1 aliphatic heterocycles. The molecule has 2 unspecified atom stereocenters. The van der Waals surface area contributed by atoms with Crippen molar-refractivity contribution < 1.29 is 41.9 Å². The number of carbonyl (C=O) groups is 6. The van der Waals surface area contributed by atoms with Crippen LogP contribution >= 0.6 is 0 Å². The molecule has 5 aliphatic rings. The van der Waals surface area contributed by atoms with Gasteiger partial charge in [-0.3, -0.25) is 24.0 Å². The second-order valence-corrected chi connectivity index (χ2v) is 23.8. The molecule has 15 heteroatoms. The van der Waals surface area contributed by atoms with Gasteiger partial charge in [-0.05, 0) is 102 Å². The molecule has 0 aromatic heterocycles. The Hall–Kier alpha value is -3.23. The highest BCUT2D eigenvalue weighted by molar-refractivity contribution is 7.92. The fourth-order valence-corrected chi connectivity index (χ4v) is 11.3. The Kier molecular flexibility index (Phi) is 13.5. The maximum atomic E-state index is 15.0. The van der Waals surface area contributed by atoms with Gasteiger partial charge < -0.3 is 30.9 Å². The van der Waals surface area contributed by atoms with Gasteiger partial charge in [-0.2, -0.15) is 0 Å². The van der Waals surface area contributed by atoms with E-state index >= 15 is 4.79 Å². The number of likely N-dealkylation sites (tertiary alicyclic amines) is 1. The van der Waals surface area contributed by atoms with Gasteiger partial charge in [0.15, 0.2) is 9.84 Å². The number of hydrogen-bond donors (Lipinski definition) is 4. The van der Waals surface area contributed by atoms with Crippen LogP contribution in [0.5, 0.6) is 0 Å². The van der Waals surface area contributed by atoms with Gasteiger partial charge in [-0.25, -0.2) is 13.2 Å². The zero-order chi connectivity index (χ0) is 43.1. The second-order valence-electron chi connectivity index (χ2n) is 21.0. The molecule has 0 radical (unpaired) electrons. The predicted octanol–water partition coefficient (Wildman–Crippen LogP) is 4.73. The molecule has 0 bridgehead atoms. The number of piperidine rings is 1. The van der Waals surface area contributed by atoms with Crippen molar-refractivity contribution >= 4 is 45.3 Å². The lowest BCUT2D eigenvalue weighted by atomic mass is 9.70. The van der Waals surface area contributed by atoms with Gasteiger partial charge in [0.1, 0.15) is 17.7 Å². The number of urea groups is 1. The number of fused-ring (bicyclic) bond motifs is 1. The quantitative estimate of drug-likeness (QED) is 0.133. The first-order chi connectivity index (χ1) is 26.8. The van der Waals surface area contributed by atoms with Crippen LogP contribution in [0.3, 0.4) is 0 Å². The third-order valence-electron chi connectivity index (χ3n) is 13.7. The molecular formula is C43H71N5O9S. The molecule has 5 atom stereocenters. The molecule has 14 nitrogen and oxygen atoms in total. The minimum atomic E-state index is -3.59. The first-order valence-corrected chi connectivity index (χ1v) is 23.4. The Balaban J connectivity index is 1.35. The van der Waals surface area contributed by atoms with E-state index in [9.17, 15) is 32.4 Å². The molecule has 328 valence electrons. The van der Waals surface area contributed by atoms with Crippen molar-refractivity contribution in [1.82, 2.24) is 26.2 Å². The Morgan fingerprint density at radius 1 is 0.828 bits per heavy atom. The second kappa shape index (κ2) is 17.0. The number of rotatable bonds is 15. The maximum absolute atomic E-state index is 15.0. The van der Waals surface area contributed by atoms with Crippen LogP contribution < -0.4 is 21.3 Å². The van der Waals surface area contributed by atoms with Gasteiger partial charge in [-0.15, -0.1) is 0 Å². The lowest BCUT2D eigenvalue weighted by Gasteiger charge is -2.44. The number of sulfone groups is 1. The van der Waals surface area contributed by atoms with Gasteiger partial charge in [0, 0.05) is 13.1 Å². The van der Waals surface area contributed by atoms with Crippen molar-refractivity contribution in [2.45, 2.75) is 186 Å². The molecule has 58 heavy (non-hydrogen) atoms. The fraction of sp³-hybridized carbons (Fsp3) is 0.860. The van der Waals surface area contributed by atoms with Gasteiger partial charge in [-0.1, -0.05) is 72.1 Å². The highest BCUT2D eigenvalue weighted by atomic mass is 32.2. The molecule has 1 saturated heterocycles. The fourth-order valence-electron chi connectivity index (χ4n) is 9.77. The largest absolute Gasteiger partial charge is 0.460 e. The molecular weight excluding hydrogens is 763 g/mol. The Bertz CT molecular complexity index is 1700. The van der Waals surface area contributed by atoms with Gasteiger partial charge in [0.05, 0.1) is 28.5 Å². The maximum Gasteiger partial charge on any atom is 0.315 e. The van der Waals surface area contributed by atoms with E-state index in [2.05, 4.69) is 35.1 Å². The number of esters is 1. The molecule has 5 fully saturated rings. The topological polar surface area (TPSA) is 197 Å². The summed E-state index contributed by atoms with van der Waals surface area (Å²) in [6, 6.07) is -3.60. The Labute approximate surface area is 346 Å². The van der Waals surface area contributed by atoms with E-state index in [1.165, 1.54) is 0 Å². The van der Waals surface area contributed by atoms with E-state index in [1.54, 1.807) is 46.4 Å². The van der Waals surface area contributed by atoms with E-state index in [0.717, 1.165) is 51.4 Å². The van der Waals surface area contributed by atoms with Crippen LogP contribution in [0.25, 0.3) is 0 Å². The van der Waals surface area contributed by atoms with Crippen LogP contribution in [0, 0.1) is 28.6 Å². The highest BCUT2D eigenvalue weighted by Gasteiger charge is 2.70. The molecule has 5 rings (SSSR count). The summed E-state index contributed by atoms with van der Waals surface area (Å²) in [5, 5.41) is 11.5. The van der Waals surface area contributed by atoms with Crippen molar-refractivity contribution in [3.8, 4) is 0 Å². The van der Waals surface area contributed by atoms with Crippen molar-refractivity contribution in [3.05, 3.63) is 0 Å². The van der Waals surface area contributed by atoms with Crippen LogP contribution in [-0.2, 0) is 38.5 Å². The van der Waals surface area contributed by atoms with Crippen LogP contribution in [0.15, 0.2) is 0 Å². The number of ketones is 1. The predicted molar refractivity (Wildman–Crippen MR) is 220 cm³/mol. The SMILES string of the molecule is CC(C)(C)OC(=O)CCNC(=O)C(=O)C(CC1CC1)NC(=O)[C@@H]1C2[C@H](CN1C(=O)[C@@H](NC(=O)NC1(CS(=O)(=O)C(C)(C)C)CCCCC1)C1(C)CCCCC1)C2(C)C. The summed E-state index contributed by atoms with van der Waals surface area (Å²) in [7, 11) is -3.59. The third-order valence-corrected chi connectivity index (χ3v) is 16.5. The van der Waals surface area contributed by atoms with Crippen molar-refractivity contribution in [2.75, 3.05) is 18.8 Å². The number of amides is 5. The molecule has 4 saturated carbocycles. The summed E-state index contributed by atoms with van der Waals surface area (Å²) in [6.45, 7) is 16.6. The molecule has 0 aromatic rings. The zero-order valence-corrected chi connectivity index (χ0v) is 37.3. The molecule has 4 N–H and O–H groups in total. The van der Waals surface area contributed by atoms with Crippen LogP contribution in [0.4, 0.5) is 4.79 Å². The lowest BCUT2D eigenvalue weighted by molar-refractivity contribution is -0.154. The lowest BCUT2D eigenvalue weighted by Crippen LogP contribution is -2.65. The zero-order valence-electron chi connectivity index (χ0n) is 36.5. The summed E-state index contributed by atoms with van der Waals surface area (Å²) in [6.07, 6.45) is 9.62. The van der Waals surface area contributed by atoms with Crippen LogP contribution in [0.2, 0.25) is 0 Å². The standard InChI is InChI=1S/C43H71N5O9S/c1-39(2,3)57-30(49)18-23-44-36(52)33(50)29(24-27-16-17-27)45-35(51)32-31-28(41(31,7)8)25-48(32)37(53)34(42(9)19-12-10-13-20-42)46-38(54)47-43(21-14-11-15-22-43)26-58(55,56)40(4,5)6/h27-29,31-32,34H,10-26H2,1-9H3,(H,44,52)(H,45,51)(H2,46,47,54)/t28-,29?,31?,32-,34+/m0/s1. The summed E-state index contributed by atoms with van der Waals surface area (Å²) in [5.74, 6) is -3.25. The van der Waals surface area contributed by atoms with Gasteiger partial charge in [0.25, 0.3) is 5.91 Å². The summed E-state index contributed by atoms with van der Waals surface area (Å²) in [5.41, 5.74) is -2.51. The number of ether oxygens (including phenoxy) is 1. The first kappa shape index (κ1) is 45.8. The molecule has 0 spiro atoms. The highest BCUT2D eigenvalue weighted by Crippen LogP contribution is 2.65. The van der Waals surface area contributed by atoms with Gasteiger partial charge >= 0.3 is 12.0 Å². The van der Waals surface area contributed by atoms with Gasteiger partial charge in [0.2, 0.25) is 17.6 Å². The van der Waals surface area contributed by atoms with Crippen molar-refractivity contribution in [1.29, 1.82) is 0 Å². The Morgan fingerprint density at radius 3 is 1.97 bits per heavy atom. The molecule has 4 aliphatic carbocycles. The number of nitrogens with zero attached hydrogens (tertiary/aromatic N) is 1. The molecule has 1 heterocycles. The summed E-state index contributed by atoms with van der Waals surface area (Å²) in [4.78, 5) is 84.1. The smallest absolute Gasteiger partial charge is 0.315 e. The van der Waals surface area contributed by atoms with E-state index in [-0.39, 0.29) is 54.2 Å². The van der Waals surface area contributed by atoms with E-state index < -0.39 is 78.9 Å². The number of hydrogen-bond acceptors (Lipinski definition) is 9. The number of Topliss-reactive ketones (excluding diaryl/α,β-unsaturated/α-hetero) is 1. The van der Waals surface area contributed by atoms with Crippen LogP contribution in [0.1, 0.15) is 152 Å². The average Bonchev–Trinajstić information content (AvgIpc) is 3.96. The third kappa shape index (κ3) is 10.7. The van der Waals surface area contributed by atoms with Crippen molar-refractivity contribution in [2.24, 2.45) is 28.6 Å². The molecule has 0 aromatic carbocycles. The minimum Gasteiger partial charge on any atom is -0.460 e. The first-order valence-electron chi connectivity index (χ1n) is 21.7. The summed E-state index contributed by atoms with van der Waals surface area (Å²) < 4.78 is 31.3. The number of nitrogens with one attached hydrogen (secondary N) is 4. The summed E-state index contributed by atoms with van der Waals surface area (Å²) >= 11 is 0. The normalized spacial score (nSPS) is 25.9. The van der Waals surface area contributed by atoms with Crippen molar-refractivity contribution in [3.63, 3.8) is 0 Å². The Morgan fingerprint density at radius 2 is 1.41 bits per heavy atom. The minimum absolute atomic E-state index is 0.0303.